The Hall–Kier alpha value is -0.410. The second-order valence-corrected chi connectivity index (χ2v) is 2.84. The molecule has 0 saturated carbocycles. The van der Waals surface area contributed by atoms with Crippen LogP contribution in [0.4, 0.5) is 0 Å². The first-order valence-corrected chi connectivity index (χ1v) is 3.59. The van der Waals surface area contributed by atoms with E-state index in [2.05, 4.69) is 0 Å². The summed E-state index contributed by atoms with van der Waals surface area (Å²) >= 11 is 0. The second kappa shape index (κ2) is 3.68. The van der Waals surface area contributed by atoms with Gasteiger partial charge in [0.15, 0.2) is 0 Å². The van der Waals surface area contributed by atoms with E-state index in [1.807, 2.05) is 13.8 Å². The molecule has 0 aliphatic rings. The van der Waals surface area contributed by atoms with Crippen LogP contribution in [-0.2, 0) is 4.79 Å². The minimum atomic E-state index is -0.520. The van der Waals surface area contributed by atoms with Gasteiger partial charge in [-0.15, -0.1) is 4.65 Å². The Balaban J connectivity index is 3.90. The summed E-state index contributed by atoms with van der Waals surface area (Å²) in [4.78, 5) is 10.3. The molecule has 0 fully saturated rings. The molecule has 2 atom stereocenters. The van der Waals surface area contributed by atoms with Crippen LogP contribution < -0.4 is 0 Å². The highest BCUT2D eigenvalue weighted by Crippen LogP contribution is 2.07. The van der Waals surface area contributed by atoms with E-state index in [4.69, 9.17) is 0 Å². The smallest absolute Gasteiger partial charge is 0.231 e. The average molecular weight is 146 g/mol. The van der Waals surface area contributed by atoms with Crippen molar-refractivity contribution in [2.24, 2.45) is 0 Å². The van der Waals surface area contributed by atoms with Gasteiger partial charge >= 0.3 is 6.41 Å². The standard InChI is InChI=1S/C7H16NO2/c1-4-5-7(2)8(3,10)6-9/h6-7,10H,4-5H2,1-3H3/q+1/t7?,8-/m0/s1. The molecule has 1 unspecified atom stereocenters. The third-order valence-electron chi connectivity index (χ3n) is 1.81. The van der Waals surface area contributed by atoms with Gasteiger partial charge in [0.05, 0.1) is 0 Å². The molecule has 0 radical (unpaired) electrons. The van der Waals surface area contributed by atoms with Gasteiger partial charge in [-0.3, -0.25) is 0 Å². The maximum atomic E-state index is 10.3. The van der Waals surface area contributed by atoms with Gasteiger partial charge in [0, 0.05) is 6.42 Å². The Morgan fingerprint density at radius 2 is 2.20 bits per heavy atom. The van der Waals surface area contributed by atoms with Crippen molar-refractivity contribution in [1.29, 1.82) is 0 Å². The molecule has 0 spiro atoms. The predicted octanol–water partition coefficient (Wildman–Crippen LogP) is 1.17. The Bertz CT molecular complexity index is 112. The Morgan fingerprint density at radius 1 is 1.70 bits per heavy atom. The maximum Gasteiger partial charge on any atom is 0.333 e. The van der Waals surface area contributed by atoms with Crippen molar-refractivity contribution in [2.45, 2.75) is 32.7 Å². The van der Waals surface area contributed by atoms with Gasteiger partial charge in [-0.25, -0.2) is 10.0 Å². The molecule has 0 aliphatic carbocycles. The van der Waals surface area contributed by atoms with Gasteiger partial charge in [0.1, 0.15) is 13.1 Å². The first kappa shape index (κ1) is 9.59. The predicted molar refractivity (Wildman–Crippen MR) is 38.4 cm³/mol. The number of rotatable bonds is 4. The molecule has 3 heteroatoms. The van der Waals surface area contributed by atoms with E-state index >= 15 is 0 Å². The zero-order valence-electron chi connectivity index (χ0n) is 6.87. The number of hydroxylamine groups is 3. The zero-order valence-corrected chi connectivity index (χ0v) is 6.87. The Morgan fingerprint density at radius 3 is 2.50 bits per heavy atom. The highest BCUT2D eigenvalue weighted by Gasteiger charge is 2.25. The van der Waals surface area contributed by atoms with Crippen molar-refractivity contribution < 1.29 is 14.6 Å². The van der Waals surface area contributed by atoms with Crippen LogP contribution in [0.25, 0.3) is 0 Å². The third kappa shape index (κ3) is 2.45. The summed E-state index contributed by atoms with van der Waals surface area (Å²) in [7, 11) is 1.49. The van der Waals surface area contributed by atoms with Crippen LogP contribution in [0.15, 0.2) is 0 Å². The molecule has 0 heterocycles. The van der Waals surface area contributed by atoms with Crippen LogP contribution in [0.1, 0.15) is 26.7 Å². The number of hydrogen-bond donors (Lipinski definition) is 1. The van der Waals surface area contributed by atoms with E-state index < -0.39 is 4.65 Å². The zero-order chi connectivity index (χ0) is 8.20. The third-order valence-corrected chi connectivity index (χ3v) is 1.81. The van der Waals surface area contributed by atoms with E-state index in [-0.39, 0.29) is 6.04 Å². The first-order valence-electron chi connectivity index (χ1n) is 3.59. The molecular formula is C7H16NO2+. The average Bonchev–Trinajstić information content (AvgIpc) is 1.89. The van der Waals surface area contributed by atoms with E-state index in [0.717, 1.165) is 12.8 Å². The molecule has 1 N–H and O–H groups in total. The van der Waals surface area contributed by atoms with Crippen LogP contribution in [-0.4, -0.2) is 29.4 Å². The lowest BCUT2D eigenvalue weighted by Gasteiger charge is -2.24. The maximum absolute atomic E-state index is 10.3. The molecule has 60 valence electrons. The normalized spacial score (nSPS) is 19.6. The van der Waals surface area contributed by atoms with E-state index in [1.165, 1.54) is 7.05 Å². The minimum Gasteiger partial charge on any atom is -0.231 e. The Labute approximate surface area is 61.8 Å². The van der Waals surface area contributed by atoms with Crippen molar-refractivity contribution >= 4 is 6.41 Å². The van der Waals surface area contributed by atoms with E-state index in [0.29, 0.717) is 6.41 Å². The van der Waals surface area contributed by atoms with Gasteiger partial charge in [-0.1, -0.05) is 13.3 Å². The SMILES string of the molecule is CCCC(C)[N@@+](C)(O)C=O. The summed E-state index contributed by atoms with van der Waals surface area (Å²) < 4.78 is -0.520. The van der Waals surface area contributed by atoms with Gasteiger partial charge in [0.2, 0.25) is 0 Å². The summed E-state index contributed by atoms with van der Waals surface area (Å²) in [5.74, 6) is 0. The van der Waals surface area contributed by atoms with Crippen molar-refractivity contribution in [1.82, 2.24) is 0 Å². The quantitative estimate of drug-likeness (QED) is 0.280. The topological polar surface area (TPSA) is 37.3 Å². The van der Waals surface area contributed by atoms with Crippen LogP contribution in [0.2, 0.25) is 0 Å². The number of carbonyl (C=O) groups excluding carboxylic acids is 1. The second-order valence-electron chi connectivity index (χ2n) is 2.84. The fraction of sp³-hybridized carbons (Fsp3) is 0.857. The largest absolute Gasteiger partial charge is 0.333 e. The minimum absolute atomic E-state index is 0.00231. The fourth-order valence-electron chi connectivity index (χ4n) is 0.783. The highest BCUT2D eigenvalue weighted by molar-refractivity contribution is 5.35. The van der Waals surface area contributed by atoms with Crippen molar-refractivity contribution in [3.05, 3.63) is 0 Å². The lowest BCUT2D eigenvalue weighted by molar-refractivity contribution is -1.04. The fourth-order valence-corrected chi connectivity index (χ4v) is 0.783. The first-order chi connectivity index (χ1) is 4.54. The molecule has 10 heavy (non-hydrogen) atoms. The van der Waals surface area contributed by atoms with Crippen molar-refractivity contribution in [3.63, 3.8) is 0 Å². The summed E-state index contributed by atoms with van der Waals surface area (Å²) in [5, 5.41) is 9.29. The molecule has 0 aromatic heterocycles. The van der Waals surface area contributed by atoms with Gasteiger partial charge in [0.25, 0.3) is 0 Å². The molecule has 1 amide bonds. The van der Waals surface area contributed by atoms with Gasteiger partial charge in [-0.05, 0) is 6.92 Å². The molecule has 0 aliphatic heterocycles. The van der Waals surface area contributed by atoms with E-state index in [1.54, 1.807) is 0 Å². The summed E-state index contributed by atoms with van der Waals surface area (Å²) in [6.07, 6.45) is 2.41. The van der Waals surface area contributed by atoms with E-state index in [9.17, 15) is 10.0 Å². The molecule has 0 aromatic rings. The molecule has 0 saturated heterocycles. The highest BCUT2D eigenvalue weighted by atomic mass is 16.6. The summed E-state index contributed by atoms with van der Waals surface area (Å²) in [5.41, 5.74) is 0. The summed E-state index contributed by atoms with van der Waals surface area (Å²) in [6, 6.07) is 0.00231. The summed E-state index contributed by atoms with van der Waals surface area (Å²) in [6.45, 7) is 3.89. The molecule has 0 rings (SSSR count). The molecular weight excluding hydrogens is 130 g/mol. The van der Waals surface area contributed by atoms with Gasteiger partial charge < -0.3 is 0 Å². The molecule has 0 bridgehead atoms. The van der Waals surface area contributed by atoms with Crippen LogP contribution in [0.3, 0.4) is 0 Å². The monoisotopic (exact) mass is 146 g/mol. The lowest BCUT2D eigenvalue weighted by Crippen LogP contribution is -2.46. The number of nitrogens with zero attached hydrogens (tertiary/aromatic N) is 1. The van der Waals surface area contributed by atoms with Crippen LogP contribution in [0.5, 0.6) is 0 Å². The van der Waals surface area contributed by atoms with Gasteiger partial charge in [-0.2, -0.15) is 0 Å². The molecule has 0 aromatic carbocycles. The van der Waals surface area contributed by atoms with Crippen molar-refractivity contribution in [2.75, 3.05) is 7.05 Å². The van der Waals surface area contributed by atoms with Crippen LogP contribution in [0, 0.1) is 0 Å². The number of quaternary nitrogens is 1. The molecule has 3 nitrogen and oxygen atoms in total. The number of amides is 1. The van der Waals surface area contributed by atoms with Crippen LogP contribution >= 0.6 is 0 Å². The number of carbonyl (C=O) groups is 1. The lowest BCUT2D eigenvalue weighted by atomic mass is 10.2. The Kier molecular flexibility index (Phi) is 3.53. The van der Waals surface area contributed by atoms with Crippen molar-refractivity contribution in [3.8, 4) is 0 Å². The number of hydrogen-bond acceptors (Lipinski definition) is 2.